The molecule has 5 heteroatoms. The fraction of sp³-hybridized carbons (Fsp3) is 0.500. The first-order chi connectivity index (χ1) is 5.98. The zero-order chi connectivity index (χ0) is 10.1. The van der Waals surface area contributed by atoms with Crippen molar-refractivity contribution in [2.75, 3.05) is 6.54 Å². The summed E-state index contributed by atoms with van der Waals surface area (Å²) in [4.78, 5) is 10.1. The fourth-order valence-electron chi connectivity index (χ4n) is 1.19. The van der Waals surface area contributed by atoms with E-state index in [9.17, 15) is 10.1 Å². The van der Waals surface area contributed by atoms with Crippen LogP contribution in [-0.2, 0) is 0 Å². The second-order valence-electron chi connectivity index (χ2n) is 3.42. The molecule has 1 aliphatic carbocycles. The summed E-state index contributed by atoms with van der Waals surface area (Å²) in [7, 11) is 0. The van der Waals surface area contributed by atoms with Crippen LogP contribution in [0.15, 0.2) is 22.9 Å². The standard InChI is InChI=1S/C8H11ClN2O2/c1-8(5-10)3-2-6(9)7(4-8)11(12)13/h2-3H,4-5,10H2,1H3. The highest BCUT2D eigenvalue weighted by Gasteiger charge is 2.31. The molecule has 0 aliphatic heterocycles. The van der Waals surface area contributed by atoms with E-state index in [1.165, 1.54) is 0 Å². The van der Waals surface area contributed by atoms with Crippen molar-refractivity contribution < 1.29 is 4.92 Å². The first kappa shape index (κ1) is 10.2. The zero-order valence-electron chi connectivity index (χ0n) is 7.29. The Hall–Kier alpha value is -0.870. The van der Waals surface area contributed by atoms with Crippen molar-refractivity contribution in [3.05, 3.63) is 33.0 Å². The van der Waals surface area contributed by atoms with E-state index in [0.29, 0.717) is 13.0 Å². The highest BCUT2D eigenvalue weighted by molar-refractivity contribution is 6.31. The van der Waals surface area contributed by atoms with Crippen LogP contribution >= 0.6 is 11.6 Å². The highest BCUT2D eigenvalue weighted by Crippen LogP contribution is 2.34. The summed E-state index contributed by atoms with van der Waals surface area (Å²) in [6, 6.07) is 0. The average molecular weight is 203 g/mol. The number of rotatable bonds is 2. The number of nitrogens with zero attached hydrogens (tertiary/aromatic N) is 1. The third-order valence-corrected chi connectivity index (χ3v) is 2.51. The zero-order valence-corrected chi connectivity index (χ0v) is 8.04. The minimum absolute atomic E-state index is 0.0529. The van der Waals surface area contributed by atoms with Crippen molar-refractivity contribution in [1.82, 2.24) is 0 Å². The van der Waals surface area contributed by atoms with E-state index >= 15 is 0 Å². The van der Waals surface area contributed by atoms with Crippen LogP contribution < -0.4 is 5.73 Å². The third-order valence-electron chi connectivity index (χ3n) is 2.17. The van der Waals surface area contributed by atoms with E-state index in [4.69, 9.17) is 17.3 Å². The van der Waals surface area contributed by atoms with E-state index in [1.54, 1.807) is 6.08 Å². The minimum Gasteiger partial charge on any atom is -0.330 e. The molecular weight excluding hydrogens is 192 g/mol. The lowest BCUT2D eigenvalue weighted by atomic mass is 9.82. The Kier molecular flexibility index (Phi) is 2.73. The van der Waals surface area contributed by atoms with E-state index < -0.39 is 4.92 Å². The van der Waals surface area contributed by atoms with Gasteiger partial charge in [-0.05, 0) is 6.08 Å². The Morgan fingerprint density at radius 3 is 2.92 bits per heavy atom. The van der Waals surface area contributed by atoms with Crippen LogP contribution in [-0.4, -0.2) is 11.5 Å². The molecule has 1 aliphatic rings. The van der Waals surface area contributed by atoms with E-state index in [0.717, 1.165) is 0 Å². The molecular formula is C8H11ClN2O2. The molecule has 0 fully saturated rings. The third kappa shape index (κ3) is 2.08. The lowest BCUT2D eigenvalue weighted by Gasteiger charge is -2.25. The second-order valence-corrected chi connectivity index (χ2v) is 3.83. The molecule has 0 spiro atoms. The summed E-state index contributed by atoms with van der Waals surface area (Å²) in [5, 5.41) is 10.8. The Labute approximate surface area is 81.2 Å². The first-order valence-electron chi connectivity index (χ1n) is 3.91. The lowest BCUT2D eigenvalue weighted by molar-refractivity contribution is -0.430. The van der Waals surface area contributed by atoms with Gasteiger partial charge in [-0.15, -0.1) is 0 Å². The topological polar surface area (TPSA) is 69.2 Å². The molecule has 0 saturated carbocycles. The van der Waals surface area contributed by atoms with Crippen LogP contribution in [0.5, 0.6) is 0 Å². The molecule has 0 radical (unpaired) electrons. The minimum atomic E-state index is -0.445. The Morgan fingerprint density at radius 2 is 2.46 bits per heavy atom. The summed E-state index contributed by atoms with van der Waals surface area (Å²) >= 11 is 5.67. The van der Waals surface area contributed by atoms with E-state index in [-0.39, 0.29) is 16.1 Å². The first-order valence-corrected chi connectivity index (χ1v) is 4.29. The molecule has 72 valence electrons. The molecule has 0 aromatic carbocycles. The summed E-state index contributed by atoms with van der Waals surface area (Å²) in [5.74, 6) is 0. The molecule has 13 heavy (non-hydrogen) atoms. The van der Waals surface area contributed by atoms with Crippen molar-refractivity contribution in [3.63, 3.8) is 0 Å². The molecule has 1 unspecified atom stereocenters. The van der Waals surface area contributed by atoms with Gasteiger partial charge in [0.2, 0.25) is 0 Å². The summed E-state index contributed by atoms with van der Waals surface area (Å²) in [6.07, 6.45) is 3.67. The summed E-state index contributed by atoms with van der Waals surface area (Å²) in [6.45, 7) is 2.25. The maximum Gasteiger partial charge on any atom is 0.265 e. The van der Waals surface area contributed by atoms with Gasteiger partial charge in [0.1, 0.15) is 5.03 Å². The highest BCUT2D eigenvalue weighted by atomic mass is 35.5. The van der Waals surface area contributed by atoms with Crippen molar-refractivity contribution in [2.24, 2.45) is 11.1 Å². The summed E-state index contributed by atoms with van der Waals surface area (Å²) in [5.41, 5.74) is 5.23. The quantitative estimate of drug-likeness (QED) is 0.547. The van der Waals surface area contributed by atoms with Crippen molar-refractivity contribution in [3.8, 4) is 0 Å². The molecule has 0 saturated heterocycles. The fourth-order valence-corrected chi connectivity index (χ4v) is 1.39. The largest absolute Gasteiger partial charge is 0.330 e. The van der Waals surface area contributed by atoms with Crippen LogP contribution in [0.1, 0.15) is 13.3 Å². The number of hydrogen-bond donors (Lipinski definition) is 1. The smallest absolute Gasteiger partial charge is 0.265 e. The van der Waals surface area contributed by atoms with Gasteiger partial charge in [-0.3, -0.25) is 10.1 Å². The maximum absolute atomic E-state index is 10.6. The van der Waals surface area contributed by atoms with Gasteiger partial charge in [-0.1, -0.05) is 24.6 Å². The van der Waals surface area contributed by atoms with Gasteiger partial charge in [0.15, 0.2) is 0 Å². The van der Waals surface area contributed by atoms with E-state index in [2.05, 4.69) is 0 Å². The molecule has 0 aromatic heterocycles. The molecule has 2 N–H and O–H groups in total. The number of allylic oxidation sites excluding steroid dienone is 3. The van der Waals surface area contributed by atoms with Crippen molar-refractivity contribution >= 4 is 11.6 Å². The number of nitro groups is 1. The molecule has 0 aromatic rings. The SMILES string of the molecule is CC1(CN)C=CC(Cl)=C([N+](=O)[O-])C1. The number of halogens is 1. The van der Waals surface area contributed by atoms with Crippen LogP contribution in [0.4, 0.5) is 0 Å². The molecule has 1 rings (SSSR count). The van der Waals surface area contributed by atoms with Crippen LogP contribution in [0.2, 0.25) is 0 Å². The number of hydrogen-bond acceptors (Lipinski definition) is 3. The van der Waals surface area contributed by atoms with Gasteiger partial charge >= 0.3 is 0 Å². The van der Waals surface area contributed by atoms with Gasteiger partial charge in [-0.2, -0.15) is 0 Å². The normalized spacial score (nSPS) is 27.9. The Morgan fingerprint density at radius 1 is 1.85 bits per heavy atom. The predicted octanol–water partition coefficient (Wildman–Crippen LogP) is 1.64. The monoisotopic (exact) mass is 202 g/mol. The van der Waals surface area contributed by atoms with Crippen LogP contribution in [0.3, 0.4) is 0 Å². The molecule has 4 nitrogen and oxygen atoms in total. The van der Waals surface area contributed by atoms with Gasteiger partial charge < -0.3 is 5.73 Å². The lowest BCUT2D eigenvalue weighted by Crippen LogP contribution is -2.28. The molecule has 0 bridgehead atoms. The Balaban J connectivity index is 2.96. The molecule has 0 heterocycles. The van der Waals surface area contributed by atoms with Crippen molar-refractivity contribution in [1.29, 1.82) is 0 Å². The summed E-state index contributed by atoms with van der Waals surface area (Å²) < 4.78 is 0. The van der Waals surface area contributed by atoms with Gasteiger partial charge in [-0.25, -0.2) is 0 Å². The van der Waals surface area contributed by atoms with Gasteiger partial charge in [0.05, 0.1) is 11.3 Å². The number of nitrogens with two attached hydrogens (primary N) is 1. The second kappa shape index (κ2) is 3.47. The van der Waals surface area contributed by atoms with Gasteiger partial charge in [0.25, 0.3) is 5.70 Å². The average Bonchev–Trinajstić information content (AvgIpc) is 2.09. The van der Waals surface area contributed by atoms with Crippen LogP contribution in [0, 0.1) is 15.5 Å². The predicted molar refractivity (Wildman–Crippen MR) is 50.8 cm³/mol. The van der Waals surface area contributed by atoms with Crippen molar-refractivity contribution in [2.45, 2.75) is 13.3 Å². The Bertz CT molecular complexity index is 299. The van der Waals surface area contributed by atoms with E-state index in [1.807, 2.05) is 13.0 Å². The van der Waals surface area contributed by atoms with Crippen LogP contribution in [0.25, 0.3) is 0 Å². The molecule has 0 amide bonds. The van der Waals surface area contributed by atoms with Gasteiger partial charge in [0, 0.05) is 12.0 Å². The maximum atomic E-state index is 10.6. The molecule has 1 atom stereocenters.